The molecule has 1 aliphatic rings. The van der Waals surface area contributed by atoms with Crippen molar-refractivity contribution in [3.63, 3.8) is 0 Å². The van der Waals surface area contributed by atoms with Crippen molar-refractivity contribution >= 4 is 0 Å². The molecule has 0 aromatic rings. The average Bonchev–Trinajstić information content (AvgIpc) is 2.05. The second-order valence-electron chi connectivity index (χ2n) is 3.39. The number of nitrogens with two attached hydrogens (primary N) is 1. The summed E-state index contributed by atoms with van der Waals surface area (Å²) in [5.41, 5.74) is 5.13. The highest BCUT2D eigenvalue weighted by Crippen LogP contribution is 2.26. The van der Waals surface area contributed by atoms with Crippen LogP contribution < -0.4 is 5.73 Å². The lowest BCUT2D eigenvalue weighted by Crippen LogP contribution is -2.51. The first-order valence-corrected chi connectivity index (χ1v) is 4.56. The minimum absolute atomic E-state index is 0.330. The fraction of sp³-hybridized carbons (Fsp3) is 1.00. The second-order valence-corrected chi connectivity index (χ2v) is 3.39. The topological polar surface area (TPSA) is 29.3 Å². The van der Waals surface area contributed by atoms with E-state index in [1.807, 2.05) is 0 Å². The van der Waals surface area contributed by atoms with Crippen LogP contribution >= 0.6 is 0 Å². The molecule has 5 heteroatoms. The van der Waals surface area contributed by atoms with E-state index < -0.39 is 12.2 Å². The highest BCUT2D eigenvalue weighted by atomic mass is 19.4. The van der Waals surface area contributed by atoms with Gasteiger partial charge in [0.25, 0.3) is 0 Å². The van der Waals surface area contributed by atoms with Crippen molar-refractivity contribution in [2.45, 2.75) is 31.5 Å². The van der Waals surface area contributed by atoms with Gasteiger partial charge in [-0.2, -0.15) is 13.2 Å². The summed E-state index contributed by atoms with van der Waals surface area (Å²) in [6.07, 6.45) is -1.43. The number of nitrogens with zero attached hydrogens (tertiary/aromatic N) is 1. The van der Waals surface area contributed by atoms with Crippen LogP contribution in [0.25, 0.3) is 0 Å². The third-order valence-corrected chi connectivity index (χ3v) is 2.43. The molecule has 0 aromatic heterocycles. The van der Waals surface area contributed by atoms with Crippen LogP contribution in [0.5, 0.6) is 0 Å². The van der Waals surface area contributed by atoms with Gasteiger partial charge in [-0.3, -0.25) is 4.90 Å². The van der Waals surface area contributed by atoms with Gasteiger partial charge < -0.3 is 5.73 Å². The van der Waals surface area contributed by atoms with Gasteiger partial charge in [-0.05, 0) is 25.9 Å². The van der Waals surface area contributed by atoms with E-state index in [9.17, 15) is 13.2 Å². The maximum Gasteiger partial charge on any atom is 0.405 e. The third-order valence-electron chi connectivity index (χ3n) is 2.43. The Kier molecular flexibility index (Phi) is 3.55. The molecule has 0 radical (unpaired) electrons. The first kappa shape index (κ1) is 10.8. The summed E-state index contributed by atoms with van der Waals surface area (Å²) < 4.78 is 37.1. The van der Waals surface area contributed by atoms with Gasteiger partial charge in [0.1, 0.15) is 6.04 Å². The van der Waals surface area contributed by atoms with Gasteiger partial charge in [0.05, 0.1) is 0 Å². The Morgan fingerprint density at radius 1 is 1.15 bits per heavy atom. The lowest BCUT2D eigenvalue weighted by Gasteiger charge is -2.34. The lowest BCUT2D eigenvalue weighted by atomic mass is 10.1. The van der Waals surface area contributed by atoms with Crippen molar-refractivity contribution < 1.29 is 13.2 Å². The van der Waals surface area contributed by atoms with Crippen LogP contribution in [0, 0.1) is 0 Å². The molecule has 2 nitrogen and oxygen atoms in total. The van der Waals surface area contributed by atoms with Gasteiger partial charge in [0, 0.05) is 6.54 Å². The maximum atomic E-state index is 12.4. The van der Waals surface area contributed by atoms with Gasteiger partial charge in [0.15, 0.2) is 0 Å². The Bertz CT molecular complexity index is 152. The summed E-state index contributed by atoms with van der Waals surface area (Å²) in [5, 5.41) is 0. The first-order chi connectivity index (χ1) is 6.05. The molecule has 0 amide bonds. The summed E-state index contributed by atoms with van der Waals surface area (Å²) in [6.45, 7) is 0.728. The molecule has 1 atom stereocenters. The van der Waals surface area contributed by atoms with Crippen molar-refractivity contribution in [2.75, 3.05) is 19.6 Å². The minimum atomic E-state index is -4.17. The van der Waals surface area contributed by atoms with E-state index in [2.05, 4.69) is 0 Å². The Labute approximate surface area is 75.9 Å². The molecule has 0 aliphatic carbocycles. The van der Waals surface area contributed by atoms with Gasteiger partial charge in [0.2, 0.25) is 0 Å². The summed E-state index contributed by atoms with van der Waals surface area (Å²) >= 11 is 0. The fourth-order valence-electron chi connectivity index (χ4n) is 1.72. The number of rotatable bonds is 2. The van der Waals surface area contributed by atoms with Crippen molar-refractivity contribution in [3.05, 3.63) is 0 Å². The molecule has 0 aromatic carbocycles. The number of likely N-dealkylation sites (tertiary alicyclic amines) is 1. The van der Waals surface area contributed by atoms with E-state index in [1.165, 1.54) is 4.90 Å². The van der Waals surface area contributed by atoms with Crippen LogP contribution in [0.4, 0.5) is 13.2 Å². The molecule has 13 heavy (non-hydrogen) atoms. The smallest absolute Gasteiger partial charge is 0.329 e. The minimum Gasteiger partial charge on any atom is -0.329 e. The lowest BCUT2D eigenvalue weighted by molar-refractivity contribution is -0.182. The van der Waals surface area contributed by atoms with Gasteiger partial charge in [-0.1, -0.05) is 6.42 Å². The third kappa shape index (κ3) is 2.84. The zero-order valence-corrected chi connectivity index (χ0v) is 7.48. The molecule has 78 valence electrons. The molecular weight excluding hydrogens is 181 g/mol. The summed E-state index contributed by atoms with van der Waals surface area (Å²) in [5.74, 6) is 0. The van der Waals surface area contributed by atoms with Crippen LogP contribution in [0.15, 0.2) is 0 Å². The summed E-state index contributed by atoms with van der Waals surface area (Å²) in [4.78, 5) is 1.45. The molecule has 1 unspecified atom stereocenters. The number of alkyl halides is 3. The number of halogens is 3. The molecular formula is C8H15F3N2. The quantitative estimate of drug-likeness (QED) is 0.722. The standard InChI is InChI=1S/C8H15F3N2/c9-8(10,11)7(6-12)13-4-2-1-3-5-13/h7H,1-6,12H2. The molecule has 0 spiro atoms. The van der Waals surface area contributed by atoms with E-state index >= 15 is 0 Å². The fourth-order valence-corrected chi connectivity index (χ4v) is 1.72. The van der Waals surface area contributed by atoms with Crippen LogP contribution in [0.3, 0.4) is 0 Å². The molecule has 0 bridgehead atoms. The van der Waals surface area contributed by atoms with Crippen LogP contribution in [-0.2, 0) is 0 Å². The number of hydrogen-bond acceptors (Lipinski definition) is 2. The van der Waals surface area contributed by atoms with E-state index in [4.69, 9.17) is 5.73 Å². The predicted octanol–water partition coefficient (Wildman–Crippen LogP) is 1.36. The largest absolute Gasteiger partial charge is 0.405 e. The van der Waals surface area contributed by atoms with E-state index in [0.29, 0.717) is 13.1 Å². The zero-order chi connectivity index (χ0) is 9.90. The Morgan fingerprint density at radius 2 is 1.69 bits per heavy atom. The molecule has 2 N–H and O–H groups in total. The monoisotopic (exact) mass is 196 g/mol. The summed E-state index contributed by atoms with van der Waals surface area (Å²) in [6, 6.07) is -1.44. The second kappa shape index (κ2) is 4.28. The maximum absolute atomic E-state index is 12.4. The molecule has 1 saturated heterocycles. The molecule has 1 heterocycles. The van der Waals surface area contributed by atoms with E-state index in [-0.39, 0.29) is 6.54 Å². The number of piperidine rings is 1. The van der Waals surface area contributed by atoms with E-state index in [1.54, 1.807) is 0 Å². The van der Waals surface area contributed by atoms with Crippen molar-refractivity contribution in [3.8, 4) is 0 Å². The Hall–Kier alpha value is -0.290. The first-order valence-electron chi connectivity index (χ1n) is 4.56. The molecule has 0 saturated carbocycles. The average molecular weight is 196 g/mol. The Morgan fingerprint density at radius 3 is 2.08 bits per heavy atom. The van der Waals surface area contributed by atoms with E-state index in [0.717, 1.165) is 19.3 Å². The molecule has 1 aliphatic heterocycles. The van der Waals surface area contributed by atoms with Crippen LogP contribution in [0.2, 0.25) is 0 Å². The van der Waals surface area contributed by atoms with Crippen molar-refractivity contribution in [1.82, 2.24) is 4.90 Å². The molecule has 1 rings (SSSR count). The summed E-state index contributed by atoms with van der Waals surface area (Å²) in [7, 11) is 0. The highest BCUT2D eigenvalue weighted by molar-refractivity contribution is 4.81. The van der Waals surface area contributed by atoms with Crippen LogP contribution in [0.1, 0.15) is 19.3 Å². The van der Waals surface area contributed by atoms with Gasteiger partial charge in [-0.15, -0.1) is 0 Å². The van der Waals surface area contributed by atoms with Gasteiger partial charge in [-0.25, -0.2) is 0 Å². The highest BCUT2D eigenvalue weighted by Gasteiger charge is 2.42. The normalized spacial score (nSPS) is 23.1. The van der Waals surface area contributed by atoms with Crippen LogP contribution in [-0.4, -0.2) is 36.8 Å². The predicted molar refractivity (Wildman–Crippen MR) is 44.3 cm³/mol. The Balaban J connectivity index is 2.54. The molecule has 1 fully saturated rings. The van der Waals surface area contributed by atoms with Crippen molar-refractivity contribution in [1.29, 1.82) is 0 Å². The SMILES string of the molecule is NCC(N1CCCCC1)C(F)(F)F. The number of hydrogen-bond donors (Lipinski definition) is 1. The van der Waals surface area contributed by atoms with Crippen molar-refractivity contribution in [2.24, 2.45) is 5.73 Å². The zero-order valence-electron chi connectivity index (χ0n) is 7.48. The van der Waals surface area contributed by atoms with Gasteiger partial charge >= 0.3 is 6.18 Å².